The zero-order chi connectivity index (χ0) is 22.9. The Morgan fingerprint density at radius 1 is 1.16 bits per heavy atom. The Labute approximate surface area is 190 Å². The summed E-state index contributed by atoms with van der Waals surface area (Å²) >= 11 is 1.40. The number of aromatic nitrogens is 2. The lowest BCUT2D eigenvalue weighted by molar-refractivity contribution is -0.124. The molecule has 3 aromatic rings. The zero-order valence-corrected chi connectivity index (χ0v) is 19.1. The monoisotopic (exact) mass is 454 g/mol. The van der Waals surface area contributed by atoms with Crippen LogP contribution < -0.4 is 14.9 Å². The van der Waals surface area contributed by atoms with Gasteiger partial charge >= 0.3 is 0 Å². The predicted octanol–water partition coefficient (Wildman–Crippen LogP) is 2.82. The summed E-state index contributed by atoms with van der Waals surface area (Å²) in [4.78, 5) is 33.4. The van der Waals surface area contributed by atoms with E-state index >= 15 is 0 Å². The molecule has 0 bridgehead atoms. The van der Waals surface area contributed by atoms with Gasteiger partial charge in [-0.1, -0.05) is 0 Å². The number of ether oxygens (including phenoxy) is 2. The lowest BCUT2D eigenvalue weighted by Gasteiger charge is -2.10. The van der Waals surface area contributed by atoms with Gasteiger partial charge in [-0.3, -0.25) is 14.6 Å². The number of thiazole rings is 1. The fourth-order valence-corrected chi connectivity index (χ4v) is 3.95. The zero-order valence-electron chi connectivity index (χ0n) is 18.3. The number of methoxy groups -OCH3 is 2. The van der Waals surface area contributed by atoms with Crippen LogP contribution in [0.3, 0.4) is 0 Å². The fourth-order valence-electron chi connectivity index (χ4n) is 3.02. The van der Waals surface area contributed by atoms with Crippen LogP contribution in [-0.4, -0.2) is 48.7 Å². The Balaban J connectivity index is 1.88. The Hall–Kier alpha value is -3.30. The molecule has 32 heavy (non-hydrogen) atoms. The summed E-state index contributed by atoms with van der Waals surface area (Å²) in [5.41, 5.74) is 3.20. The Bertz CT molecular complexity index is 1120. The third-order valence-electron chi connectivity index (χ3n) is 4.70. The van der Waals surface area contributed by atoms with E-state index in [4.69, 9.17) is 9.47 Å². The van der Waals surface area contributed by atoms with E-state index in [1.165, 1.54) is 24.6 Å². The van der Waals surface area contributed by atoms with Crippen LogP contribution in [0.1, 0.15) is 22.5 Å². The maximum Gasteiger partial charge on any atom is 0.281 e. The summed E-state index contributed by atoms with van der Waals surface area (Å²) < 4.78 is 12.1. The van der Waals surface area contributed by atoms with Crippen LogP contribution in [0.2, 0.25) is 0 Å². The molecule has 0 unspecified atom stereocenters. The highest BCUT2D eigenvalue weighted by Crippen LogP contribution is 2.23. The molecule has 0 saturated heterocycles. The van der Waals surface area contributed by atoms with E-state index in [9.17, 15) is 9.59 Å². The first-order chi connectivity index (χ1) is 15.5. The van der Waals surface area contributed by atoms with E-state index < -0.39 is 0 Å². The number of amides is 2. The third-order valence-corrected chi connectivity index (χ3v) is 5.56. The van der Waals surface area contributed by atoms with Crippen molar-refractivity contribution < 1.29 is 19.1 Å². The first-order valence-corrected chi connectivity index (χ1v) is 11.0. The third kappa shape index (κ3) is 6.12. The van der Waals surface area contributed by atoms with Crippen LogP contribution in [0.4, 0.5) is 0 Å². The Kier molecular flexibility index (Phi) is 8.29. The van der Waals surface area contributed by atoms with Crippen LogP contribution in [0, 0.1) is 6.92 Å². The molecule has 0 fully saturated rings. The van der Waals surface area contributed by atoms with Crippen LogP contribution in [-0.2, 0) is 16.1 Å². The molecule has 9 heteroatoms. The molecule has 0 aliphatic rings. The van der Waals surface area contributed by atoms with E-state index in [0.717, 1.165) is 22.7 Å². The van der Waals surface area contributed by atoms with Crippen LogP contribution >= 0.6 is 11.3 Å². The number of rotatable bonds is 9. The van der Waals surface area contributed by atoms with Crippen molar-refractivity contribution in [2.24, 2.45) is 4.99 Å². The summed E-state index contributed by atoms with van der Waals surface area (Å²) in [5.74, 6) is 0.260. The second kappa shape index (κ2) is 11.4. The molecule has 2 amide bonds. The minimum Gasteiger partial charge on any atom is -0.497 e. The number of hydrogen-bond donors (Lipinski definition) is 1. The quantitative estimate of drug-likeness (QED) is 0.502. The van der Waals surface area contributed by atoms with Gasteiger partial charge in [0.1, 0.15) is 12.4 Å². The Morgan fingerprint density at radius 3 is 2.59 bits per heavy atom. The van der Waals surface area contributed by atoms with Gasteiger partial charge in [0.25, 0.3) is 5.91 Å². The average Bonchev–Trinajstić information content (AvgIpc) is 3.19. The average molecular weight is 455 g/mol. The molecule has 168 valence electrons. The van der Waals surface area contributed by atoms with Gasteiger partial charge in [-0.25, -0.2) is 0 Å². The van der Waals surface area contributed by atoms with Crippen molar-refractivity contribution in [2.45, 2.75) is 19.9 Å². The first kappa shape index (κ1) is 23.4. The van der Waals surface area contributed by atoms with Crippen molar-refractivity contribution in [3.05, 3.63) is 64.0 Å². The van der Waals surface area contributed by atoms with Crippen molar-refractivity contribution in [2.75, 3.05) is 27.4 Å². The molecule has 0 spiro atoms. The van der Waals surface area contributed by atoms with E-state index in [2.05, 4.69) is 15.3 Å². The van der Waals surface area contributed by atoms with Crippen molar-refractivity contribution in [1.29, 1.82) is 0 Å². The molecule has 0 aliphatic heterocycles. The molecule has 0 aliphatic carbocycles. The van der Waals surface area contributed by atoms with Crippen molar-refractivity contribution >= 4 is 23.2 Å². The highest BCUT2D eigenvalue weighted by Gasteiger charge is 2.11. The normalized spacial score (nSPS) is 11.4. The van der Waals surface area contributed by atoms with Crippen molar-refractivity contribution in [3.63, 3.8) is 0 Å². The van der Waals surface area contributed by atoms with Gasteiger partial charge in [-0.2, -0.15) is 4.99 Å². The van der Waals surface area contributed by atoms with Crippen molar-refractivity contribution in [1.82, 2.24) is 14.9 Å². The van der Waals surface area contributed by atoms with Crippen molar-refractivity contribution in [3.8, 4) is 17.0 Å². The van der Waals surface area contributed by atoms with Crippen LogP contribution in [0.5, 0.6) is 5.75 Å². The van der Waals surface area contributed by atoms with Gasteiger partial charge in [0.2, 0.25) is 5.91 Å². The maximum atomic E-state index is 12.7. The van der Waals surface area contributed by atoms with Crippen LogP contribution in [0.15, 0.2) is 53.0 Å². The first-order valence-electron chi connectivity index (χ1n) is 10.1. The van der Waals surface area contributed by atoms with Gasteiger partial charge < -0.3 is 19.4 Å². The number of hydrogen-bond acceptors (Lipinski definition) is 6. The topological polar surface area (TPSA) is 94.8 Å². The molecule has 2 heterocycles. The van der Waals surface area contributed by atoms with Gasteiger partial charge in [0, 0.05) is 37.5 Å². The number of benzene rings is 1. The lowest BCUT2D eigenvalue weighted by Crippen LogP contribution is -2.29. The molecule has 2 aromatic heterocycles. The lowest BCUT2D eigenvalue weighted by atomic mass is 10.1. The maximum absolute atomic E-state index is 12.7. The molecular formula is C23H26N4O4S. The minimum atomic E-state index is -0.345. The molecular weight excluding hydrogens is 428 g/mol. The fraction of sp³-hybridized carbons (Fsp3) is 0.304. The molecule has 0 radical (unpaired) electrons. The SMILES string of the molecule is COCC(=O)NCCCn1c(-c2ccc(OC)cc2)csc1=NC(=O)c1ccc(C)nc1. The number of pyridine rings is 1. The summed E-state index contributed by atoms with van der Waals surface area (Å²) in [7, 11) is 3.11. The summed E-state index contributed by atoms with van der Waals surface area (Å²) in [6, 6.07) is 11.2. The van der Waals surface area contributed by atoms with Gasteiger partial charge in [-0.15, -0.1) is 11.3 Å². The largest absolute Gasteiger partial charge is 0.497 e. The van der Waals surface area contributed by atoms with E-state index in [0.29, 0.717) is 29.9 Å². The number of aryl methyl sites for hydroxylation is 1. The summed E-state index contributed by atoms with van der Waals surface area (Å²) in [5, 5.41) is 4.79. The van der Waals surface area contributed by atoms with E-state index in [1.807, 2.05) is 41.1 Å². The molecule has 3 rings (SSSR count). The van der Waals surface area contributed by atoms with Gasteiger partial charge in [0.05, 0.1) is 18.4 Å². The molecule has 0 saturated carbocycles. The minimum absolute atomic E-state index is 0.0301. The van der Waals surface area contributed by atoms with E-state index in [-0.39, 0.29) is 18.4 Å². The number of carbonyl (C=O) groups is 2. The van der Waals surface area contributed by atoms with E-state index in [1.54, 1.807) is 19.2 Å². The molecule has 1 aromatic carbocycles. The predicted molar refractivity (Wildman–Crippen MR) is 123 cm³/mol. The van der Waals surface area contributed by atoms with Crippen LogP contribution in [0.25, 0.3) is 11.3 Å². The smallest absolute Gasteiger partial charge is 0.281 e. The van der Waals surface area contributed by atoms with Gasteiger partial charge in [-0.05, 0) is 55.3 Å². The second-order valence-corrected chi connectivity index (χ2v) is 7.86. The number of carbonyl (C=O) groups excluding carboxylic acids is 2. The molecule has 8 nitrogen and oxygen atoms in total. The second-order valence-electron chi connectivity index (χ2n) is 7.03. The molecule has 1 N–H and O–H groups in total. The highest BCUT2D eigenvalue weighted by molar-refractivity contribution is 7.07. The van der Waals surface area contributed by atoms with Gasteiger partial charge in [0.15, 0.2) is 4.80 Å². The number of nitrogens with zero attached hydrogens (tertiary/aromatic N) is 3. The highest BCUT2D eigenvalue weighted by atomic mass is 32.1. The summed E-state index contributed by atoms with van der Waals surface area (Å²) in [6.07, 6.45) is 2.21. The Morgan fingerprint density at radius 2 is 1.94 bits per heavy atom. The summed E-state index contributed by atoms with van der Waals surface area (Å²) in [6.45, 7) is 2.96. The number of nitrogens with one attached hydrogen (secondary N) is 1. The standard InChI is InChI=1S/C23H26N4O4S/c1-16-5-6-18(13-25-16)22(29)26-23-27(12-4-11-24-21(28)14-30-2)20(15-32-23)17-7-9-19(31-3)10-8-17/h5-10,13,15H,4,11-12,14H2,1-3H3,(H,24,28). The molecule has 0 atom stereocenters.